The molecule has 1 saturated carbocycles. The summed E-state index contributed by atoms with van der Waals surface area (Å²) < 4.78 is 12.6. The number of hydrogen-bond acceptors (Lipinski definition) is 2. The second-order valence-corrected chi connectivity index (χ2v) is 7.18. The van der Waals surface area contributed by atoms with E-state index in [2.05, 4.69) is 24.4 Å². The van der Waals surface area contributed by atoms with E-state index in [-0.39, 0.29) is 11.3 Å². The van der Waals surface area contributed by atoms with Crippen LogP contribution in [0.5, 0.6) is 0 Å². The quantitative estimate of drug-likeness (QED) is 0.886. The van der Waals surface area contributed by atoms with E-state index in [9.17, 15) is 4.21 Å². The van der Waals surface area contributed by atoms with Crippen LogP contribution in [0.1, 0.15) is 44.2 Å². The summed E-state index contributed by atoms with van der Waals surface area (Å²) >= 11 is 0. The summed E-state index contributed by atoms with van der Waals surface area (Å²) in [6, 6.07) is 10.5. The fourth-order valence-electron chi connectivity index (χ4n) is 2.89. The molecule has 1 aliphatic rings. The molecule has 0 radical (unpaired) electrons. The molecular weight excluding hydrogens is 242 g/mol. The van der Waals surface area contributed by atoms with Crippen LogP contribution in [-0.4, -0.2) is 21.8 Å². The van der Waals surface area contributed by atoms with Crippen molar-refractivity contribution in [3.8, 4) is 0 Å². The van der Waals surface area contributed by atoms with E-state index in [1.807, 2.05) is 25.2 Å². The van der Waals surface area contributed by atoms with Gasteiger partial charge in [-0.2, -0.15) is 0 Å². The molecule has 18 heavy (non-hydrogen) atoms. The molecule has 0 aromatic heterocycles. The van der Waals surface area contributed by atoms with E-state index < -0.39 is 10.8 Å². The van der Waals surface area contributed by atoms with Crippen molar-refractivity contribution in [2.75, 3.05) is 7.05 Å². The number of rotatable bonds is 5. The fraction of sp³-hybridized carbons (Fsp3) is 0.600. The molecular formula is C15H23NOS. The van der Waals surface area contributed by atoms with Crippen molar-refractivity contribution in [3.63, 3.8) is 0 Å². The lowest BCUT2D eigenvalue weighted by atomic mass is 10.0. The van der Waals surface area contributed by atoms with Gasteiger partial charge in [-0.3, -0.25) is 4.21 Å². The average molecular weight is 265 g/mol. The van der Waals surface area contributed by atoms with E-state index >= 15 is 0 Å². The van der Waals surface area contributed by atoms with Crippen LogP contribution in [0, 0.1) is 0 Å². The zero-order chi connectivity index (χ0) is 13.0. The topological polar surface area (TPSA) is 29.1 Å². The van der Waals surface area contributed by atoms with Gasteiger partial charge in [-0.05, 0) is 32.4 Å². The lowest BCUT2D eigenvalue weighted by molar-refractivity contribution is 0.564. The van der Waals surface area contributed by atoms with Crippen molar-refractivity contribution in [3.05, 3.63) is 35.9 Å². The maximum atomic E-state index is 12.6. The Morgan fingerprint density at radius 1 is 1.22 bits per heavy atom. The first kappa shape index (κ1) is 13.8. The first-order chi connectivity index (χ1) is 8.74. The Bertz CT molecular complexity index is 387. The molecule has 0 saturated heterocycles. The van der Waals surface area contributed by atoms with Crippen LogP contribution in [0.3, 0.4) is 0 Å². The summed E-state index contributed by atoms with van der Waals surface area (Å²) in [4.78, 5) is 0. The molecule has 1 N–H and O–H groups in total. The highest BCUT2D eigenvalue weighted by Crippen LogP contribution is 2.29. The zero-order valence-corrected chi connectivity index (χ0v) is 12.1. The first-order valence-electron chi connectivity index (χ1n) is 6.85. The smallest absolute Gasteiger partial charge is 0.0517 e. The lowest BCUT2D eigenvalue weighted by Crippen LogP contribution is -2.34. The normalized spacial score (nSPS) is 21.7. The molecule has 3 unspecified atom stereocenters. The van der Waals surface area contributed by atoms with Crippen molar-refractivity contribution in [2.45, 2.75) is 49.1 Å². The van der Waals surface area contributed by atoms with Gasteiger partial charge in [-0.25, -0.2) is 0 Å². The Balaban J connectivity index is 2.10. The maximum Gasteiger partial charge on any atom is 0.0517 e. The summed E-state index contributed by atoms with van der Waals surface area (Å²) in [7, 11) is 1.23. The van der Waals surface area contributed by atoms with Gasteiger partial charge < -0.3 is 5.32 Å². The third-order valence-corrected chi connectivity index (χ3v) is 6.07. The predicted molar refractivity (Wildman–Crippen MR) is 78.1 cm³/mol. The van der Waals surface area contributed by atoms with Crippen LogP contribution in [0.2, 0.25) is 0 Å². The minimum absolute atomic E-state index is 0.167. The highest BCUT2D eigenvalue weighted by atomic mass is 32.2. The average Bonchev–Trinajstić information content (AvgIpc) is 2.94. The Hall–Kier alpha value is -0.670. The molecule has 3 heteroatoms. The fourth-order valence-corrected chi connectivity index (χ4v) is 4.86. The van der Waals surface area contributed by atoms with Crippen LogP contribution in [0.4, 0.5) is 0 Å². The van der Waals surface area contributed by atoms with Gasteiger partial charge in [0.05, 0.1) is 5.25 Å². The van der Waals surface area contributed by atoms with Crippen molar-refractivity contribution in [1.82, 2.24) is 5.32 Å². The summed E-state index contributed by atoms with van der Waals surface area (Å²) in [5.74, 6) is 0. The van der Waals surface area contributed by atoms with Gasteiger partial charge in [0.15, 0.2) is 0 Å². The SMILES string of the molecule is CNC(c1ccccc1)C(C)S(=O)C1CCCC1. The maximum absolute atomic E-state index is 12.6. The Kier molecular flexibility index (Phi) is 4.95. The predicted octanol–water partition coefficient (Wildman–Crippen LogP) is 3.03. The third-order valence-electron chi connectivity index (χ3n) is 3.94. The standard InChI is InChI=1S/C15H23NOS/c1-12(18(17)14-10-6-7-11-14)15(16-2)13-8-4-3-5-9-13/h3-5,8-9,12,14-16H,6-7,10-11H2,1-2H3. The minimum Gasteiger partial charge on any atom is -0.312 e. The van der Waals surface area contributed by atoms with E-state index in [0.717, 1.165) is 12.8 Å². The number of nitrogens with one attached hydrogen (secondary N) is 1. The molecule has 0 aliphatic heterocycles. The van der Waals surface area contributed by atoms with Crippen LogP contribution in [0.15, 0.2) is 30.3 Å². The summed E-state index contributed by atoms with van der Waals surface area (Å²) in [5, 5.41) is 3.91. The van der Waals surface area contributed by atoms with Crippen molar-refractivity contribution >= 4 is 10.8 Å². The van der Waals surface area contributed by atoms with E-state index in [1.54, 1.807) is 0 Å². The summed E-state index contributed by atoms with van der Waals surface area (Å²) in [5.41, 5.74) is 1.24. The number of benzene rings is 1. The van der Waals surface area contributed by atoms with Crippen molar-refractivity contribution in [1.29, 1.82) is 0 Å². The summed E-state index contributed by atoms with van der Waals surface area (Å²) in [6.45, 7) is 2.11. The van der Waals surface area contributed by atoms with Crippen LogP contribution < -0.4 is 5.32 Å². The number of hydrogen-bond donors (Lipinski definition) is 1. The summed E-state index contributed by atoms with van der Waals surface area (Å²) in [6.07, 6.45) is 4.78. The molecule has 0 bridgehead atoms. The van der Waals surface area contributed by atoms with Gasteiger partial charge >= 0.3 is 0 Å². The molecule has 1 aliphatic carbocycles. The molecule has 100 valence electrons. The van der Waals surface area contributed by atoms with Gasteiger partial charge in [0, 0.05) is 22.1 Å². The third kappa shape index (κ3) is 3.01. The van der Waals surface area contributed by atoms with E-state index in [1.165, 1.54) is 18.4 Å². The van der Waals surface area contributed by atoms with Crippen molar-refractivity contribution in [2.24, 2.45) is 0 Å². The van der Waals surface area contributed by atoms with Crippen LogP contribution in [0.25, 0.3) is 0 Å². The molecule has 3 atom stereocenters. The Labute approximate surface area is 113 Å². The molecule has 2 nitrogen and oxygen atoms in total. The lowest BCUT2D eigenvalue weighted by Gasteiger charge is -2.26. The molecule has 1 aromatic carbocycles. The Morgan fingerprint density at radius 2 is 1.83 bits per heavy atom. The first-order valence-corrected chi connectivity index (χ1v) is 8.13. The van der Waals surface area contributed by atoms with Gasteiger partial charge in [0.25, 0.3) is 0 Å². The second kappa shape index (κ2) is 6.48. The van der Waals surface area contributed by atoms with Gasteiger partial charge in [0.1, 0.15) is 0 Å². The van der Waals surface area contributed by atoms with E-state index in [4.69, 9.17) is 0 Å². The van der Waals surface area contributed by atoms with Crippen molar-refractivity contribution < 1.29 is 4.21 Å². The largest absolute Gasteiger partial charge is 0.312 e. The molecule has 0 heterocycles. The van der Waals surface area contributed by atoms with Gasteiger partial charge in [0.2, 0.25) is 0 Å². The van der Waals surface area contributed by atoms with Crippen LogP contribution >= 0.6 is 0 Å². The van der Waals surface area contributed by atoms with Gasteiger partial charge in [-0.15, -0.1) is 0 Å². The van der Waals surface area contributed by atoms with Crippen LogP contribution in [-0.2, 0) is 10.8 Å². The van der Waals surface area contributed by atoms with Gasteiger partial charge in [-0.1, -0.05) is 43.2 Å². The molecule has 0 amide bonds. The molecule has 0 spiro atoms. The minimum atomic E-state index is -0.733. The molecule has 1 fully saturated rings. The highest BCUT2D eigenvalue weighted by Gasteiger charge is 2.30. The molecule has 2 rings (SSSR count). The zero-order valence-electron chi connectivity index (χ0n) is 11.3. The second-order valence-electron chi connectivity index (χ2n) is 5.12. The molecule has 1 aromatic rings. The van der Waals surface area contributed by atoms with E-state index in [0.29, 0.717) is 5.25 Å². The Morgan fingerprint density at radius 3 is 2.39 bits per heavy atom. The monoisotopic (exact) mass is 265 g/mol. The highest BCUT2D eigenvalue weighted by molar-refractivity contribution is 7.86.